The minimum Gasteiger partial charge on any atom is -0.486 e. The van der Waals surface area contributed by atoms with Crippen LogP contribution in [0.2, 0.25) is 0 Å². The number of carbonyl (C=O) groups excluding carboxylic acids is 1. The molecule has 24 heavy (non-hydrogen) atoms. The number of anilines is 1. The summed E-state index contributed by atoms with van der Waals surface area (Å²) in [6.07, 6.45) is 0. The van der Waals surface area contributed by atoms with E-state index in [0.717, 1.165) is 9.35 Å². The number of fused-ring (bicyclic) bond motifs is 1. The van der Waals surface area contributed by atoms with Gasteiger partial charge in [-0.05, 0) is 33.3 Å². The van der Waals surface area contributed by atoms with Crippen LogP contribution in [0.4, 0.5) is 10.5 Å². The van der Waals surface area contributed by atoms with E-state index in [1.54, 1.807) is 17.4 Å². The number of halogens is 1. The number of nitrogens with one attached hydrogen (secondary N) is 2. The van der Waals surface area contributed by atoms with Gasteiger partial charge in [0.25, 0.3) is 0 Å². The summed E-state index contributed by atoms with van der Waals surface area (Å²) in [7, 11) is 0. The van der Waals surface area contributed by atoms with Gasteiger partial charge in [0.15, 0.2) is 11.5 Å². The van der Waals surface area contributed by atoms with E-state index >= 15 is 0 Å². The van der Waals surface area contributed by atoms with Gasteiger partial charge in [0.1, 0.15) is 13.2 Å². The third-order valence-corrected chi connectivity index (χ3v) is 5.29. The standard InChI is InChI=1S/C17H19BrN2O3S/c1-10(2)16(15-4-3-7-24-15)20-17(21)19-12-9-14-13(8-11(12)18)22-5-6-23-14/h3-4,7-10,16H,5-6H2,1-2H3,(H2,19,20,21)/t16-/m1/s1. The molecule has 0 fully saturated rings. The Kier molecular flexibility index (Phi) is 5.30. The smallest absolute Gasteiger partial charge is 0.319 e. The molecule has 0 saturated heterocycles. The number of ether oxygens (including phenoxy) is 2. The molecule has 0 spiro atoms. The molecule has 0 unspecified atom stereocenters. The lowest BCUT2D eigenvalue weighted by Crippen LogP contribution is -2.34. The van der Waals surface area contributed by atoms with E-state index < -0.39 is 0 Å². The predicted molar refractivity (Wildman–Crippen MR) is 99.2 cm³/mol. The van der Waals surface area contributed by atoms with Crippen molar-refractivity contribution < 1.29 is 14.3 Å². The van der Waals surface area contributed by atoms with E-state index in [-0.39, 0.29) is 18.0 Å². The highest BCUT2D eigenvalue weighted by Gasteiger charge is 2.21. The van der Waals surface area contributed by atoms with E-state index in [1.165, 1.54) is 0 Å². The first-order valence-electron chi connectivity index (χ1n) is 7.74. The second kappa shape index (κ2) is 7.44. The molecule has 2 aromatic rings. The summed E-state index contributed by atoms with van der Waals surface area (Å²) in [5.41, 5.74) is 0.644. The van der Waals surface area contributed by atoms with Crippen molar-refractivity contribution in [3.63, 3.8) is 0 Å². The van der Waals surface area contributed by atoms with Gasteiger partial charge in [-0.15, -0.1) is 11.3 Å². The molecule has 2 amide bonds. The fourth-order valence-electron chi connectivity index (χ4n) is 2.49. The SMILES string of the molecule is CC(C)[C@@H](NC(=O)Nc1cc2c(cc1Br)OCCO2)c1cccs1. The van der Waals surface area contributed by atoms with Crippen molar-refractivity contribution in [1.82, 2.24) is 5.32 Å². The molecule has 0 saturated carbocycles. The summed E-state index contributed by atoms with van der Waals surface area (Å²) in [5.74, 6) is 1.61. The van der Waals surface area contributed by atoms with Crippen molar-refractivity contribution in [2.75, 3.05) is 18.5 Å². The van der Waals surface area contributed by atoms with Crippen molar-refractivity contribution in [3.8, 4) is 11.5 Å². The highest BCUT2D eigenvalue weighted by atomic mass is 79.9. The topological polar surface area (TPSA) is 59.6 Å². The average Bonchev–Trinajstić information content (AvgIpc) is 3.07. The number of urea groups is 1. The summed E-state index contributed by atoms with van der Waals surface area (Å²) in [6.45, 7) is 5.22. The lowest BCUT2D eigenvalue weighted by Gasteiger charge is -2.23. The first kappa shape index (κ1) is 17.1. The third-order valence-electron chi connectivity index (χ3n) is 3.68. The zero-order chi connectivity index (χ0) is 17.1. The summed E-state index contributed by atoms with van der Waals surface area (Å²) in [6, 6.07) is 7.33. The highest BCUT2D eigenvalue weighted by Crippen LogP contribution is 2.38. The number of carbonyl (C=O) groups is 1. The Morgan fingerprint density at radius 2 is 1.96 bits per heavy atom. The number of benzene rings is 1. The Hall–Kier alpha value is -1.73. The van der Waals surface area contributed by atoms with Gasteiger partial charge in [0, 0.05) is 21.5 Å². The quantitative estimate of drug-likeness (QED) is 0.760. The maximum atomic E-state index is 12.4. The van der Waals surface area contributed by atoms with Gasteiger partial charge in [-0.2, -0.15) is 0 Å². The number of rotatable bonds is 4. The normalized spacial score (nSPS) is 14.3. The summed E-state index contributed by atoms with van der Waals surface area (Å²) >= 11 is 5.10. The Labute approximate surface area is 153 Å². The fourth-order valence-corrected chi connectivity index (χ4v) is 3.86. The van der Waals surface area contributed by atoms with Gasteiger partial charge in [-0.1, -0.05) is 19.9 Å². The molecule has 0 bridgehead atoms. The minimum absolute atomic E-state index is 0.0269. The molecule has 3 rings (SSSR count). The summed E-state index contributed by atoms with van der Waals surface area (Å²) in [5, 5.41) is 7.94. The Balaban J connectivity index is 1.72. The van der Waals surface area contributed by atoms with Gasteiger partial charge in [0.2, 0.25) is 0 Å². The van der Waals surface area contributed by atoms with Crippen LogP contribution in [0.5, 0.6) is 11.5 Å². The minimum atomic E-state index is -0.250. The van der Waals surface area contributed by atoms with Crippen molar-refractivity contribution in [2.24, 2.45) is 5.92 Å². The van der Waals surface area contributed by atoms with Crippen LogP contribution in [0.15, 0.2) is 34.1 Å². The van der Waals surface area contributed by atoms with Crippen LogP contribution in [0.1, 0.15) is 24.8 Å². The lowest BCUT2D eigenvalue weighted by molar-refractivity contribution is 0.171. The second-order valence-electron chi connectivity index (χ2n) is 5.81. The van der Waals surface area contributed by atoms with Crippen molar-refractivity contribution in [1.29, 1.82) is 0 Å². The molecule has 0 radical (unpaired) electrons. The molecule has 5 nitrogen and oxygen atoms in total. The Bertz CT molecular complexity index is 719. The van der Waals surface area contributed by atoms with Crippen LogP contribution in [0, 0.1) is 5.92 Å². The fraction of sp³-hybridized carbons (Fsp3) is 0.353. The van der Waals surface area contributed by atoms with Gasteiger partial charge in [-0.25, -0.2) is 4.79 Å². The van der Waals surface area contributed by atoms with E-state index in [4.69, 9.17) is 9.47 Å². The zero-order valence-corrected chi connectivity index (χ0v) is 15.9. The first-order chi connectivity index (χ1) is 11.5. The monoisotopic (exact) mass is 410 g/mol. The van der Waals surface area contributed by atoms with Gasteiger partial charge >= 0.3 is 6.03 Å². The lowest BCUT2D eigenvalue weighted by atomic mass is 10.0. The Morgan fingerprint density at radius 1 is 1.25 bits per heavy atom. The molecule has 1 aromatic heterocycles. The second-order valence-corrected chi connectivity index (χ2v) is 7.64. The number of hydrogen-bond donors (Lipinski definition) is 2. The molecule has 2 N–H and O–H groups in total. The largest absolute Gasteiger partial charge is 0.486 e. The number of hydrogen-bond acceptors (Lipinski definition) is 4. The first-order valence-corrected chi connectivity index (χ1v) is 9.42. The molecular weight excluding hydrogens is 392 g/mol. The van der Waals surface area contributed by atoms with Crippen LogP contribution >= 0.6 is 27.3 Å². The molecule has 1 aliphatic rings. The molecule has 128 valence electrons. The van der Waals surface area contributed by atoms with Crippen molar-refractivity contribution in [3.05, 3.63) is 39.0 Å². The maximum absolute atomic E-state index is 12.4. The van der Waals surface area contributed by atoms with E-state index in [0.29, 0.717) is 30.4 Å². The molecule has 1 aromatic carbocycles. The molecule has 0 aliphatic carbocycles. The Morgan fingerprint density at radius 3 is 2.58 bits per heavy atom. The molecular formula is C17H19BrN2O3S. The van der Waals surface area contributed by atoms with Crippen molar-refractivity contribution in [2.45, 2.75) is 19.9 Å². The van der Waals surface area contributed by atoms with Crippen LogP contribution < -0.4 is 20.1 Å². The molecule has 2 heterocycles. The van der Waals surface area contributed by atoms with Crippen LogP contribution in [0.3, 0.4) is 0 Å². The average molecular weight is 411 g/mol. The predicted octanol–water partition coefficient (Wildman–Crippen LogP) is 4.80. The van der Waals surface area contributed by atoms with Gasteiger partial charge in [0.05, 0.1) is 11.7 Å². The number of thiophene rings is 1. The zero-order valence-electron chi connectivity index (χ0n) is 13.5. The van der Waals surface area contributed by atoms with Crippen LogP contribution in [-0.2, 0) is 0 Å². The molecule has 1 aliphatic heterocycles. The summed E-state index contributed by atoms with van der Waals surface area (Å²) in [4.78, 5) is 13.6. The maximum Gasteiger partial charge on any atom is 0.319 e. The van der Waals surface area contributed by atoms with E-state index in [1.807, 2.05) is 23.6 Å². The van der Waals surface area contributed by atoms with E-state index in [9.17, 15) is 4.79 Å². The summed E-state index contributed by atoms with van der Waals surface area (Å²) < 4.78 is 11.8. The van der Waals surface area contributed by atoms with Crippen LogP contribution in [-0.4, -0.2) is 19.2 Å². The van der Waals surface area contributed by atoms with Crippen molar-refractivity contribution >= 4 is 39.0 Å². The molecule has 7 heteroatoms. The number of amides is 2. The highest BCUT2D eigenvalue weighted by molar-refractivity contribution is 9.10. The molecule has 1 atom stereocenters. The van der Waals surface area contributed by atoms with E-state index in [2.05, 4.69) is 40.4 Å². The van der Waals surface area contributed by atoms with Gasteiger partial charge < -0.3 is 20.1 Å². The van der Waals surface area contributed by atoms with Crippen LogP contribution in [0.25, 0.3) is 0 Å². The third kappa shape index (κ3) is 3.84. The van der Waals surface area contributed by atoms with Gasteiger partial charge in [-0.3, -0.25) is 0 Å².